The first-order chi connectivity index (χ1) is 11.1. The average Bonchev–Trinajstić information content (AvgIpc) is 3.03. The Balaban J connectivity index is 1.61. The lowest BCUT2D eigenvalue weighted by molar-refractivity contribution is -0.143. The largest absolute Gasteiger partial charge is 0.341 e. The summed E-state index contributed by atoms with van der Waals surface area (Å²) in [5.41, 5.74) is 0.626. The van der Waals surface area contributed by atoms with E-state index < -0.39 is 0 Å². The highest BCUT2D eigenvalue weighted by Gasteiger charge is 2.41. The van der Waals surface area contributed by atoms with Crippen molar-refractivity contribution in [3.8, 4) is 0 Å². The van der Waals surface area contributed by atoms with Gasteiger partial charge in [-0.25, -0.2) is 0 Å². The Morgan fingerprint density at radius 2 is 1.83 bits per heavy atom. The van der Waals surface area contributed by atoms with Crippen LogP contribution in [-0.4, -0.2) is 29.8 Å². The molecule has 1 atom stereocenters. The molecule has 1 aromatic carbocycles. The van der Waals surface area contributed by atoms with Gasteiger partial charge in [0.2, 0.25) is 11.8 Å². The van der Waals surface area contributed by atoms with Crippen molar-refractivity contribution in [2.24, 2.45) is 11.3 Å². The Kier molecular flexibility index (Phi) is 4.69. The lowest BCUT2D eigenvalue weighted by atomic mass is 9.85. The minimum atomic E-state index is -0.197. The highest BCUT2D eigenvalue weighted by Crippen LogP contribution is 2.39. The number of piperidine rings is 1. The molecule has 3 rings (SSSR count). The second kappa shape index (κ2) is 6.73. The maximum Gasteiger partial charge on any atom is 0.229 e. The van der Waals surface area contributed by atoms with Crippen molar-refractivity contribution in [1.29, 1.82) is 0 Å². The molecular weight excluding hydrogens is 288 g/mol. The molecule has 124 valence electrons. The van der Waals surface area contributed by atoms with Crippen LogP contribution in [0.5, 0.6) is 0 Å². The third-order valence-corrected chi connectivity index (χ3v) is 5.34. The number of para-hydroxylation sites is 1. The fraction of sp³-hybridized carbons (Fsp3) is 0.579. The van der Waals surface area contributed by atoms with E-state index in [-0.39, 0.29) is 23.1 Å². The normalized spacial score (nSPS) is 23.5. The summed E-state index contributed by atoms with van der Waals surface area (Å²) >= 11 is 0. The summed E-state index contributed by atoms with van der Waals surface area (Å²) in [5.74, 6) is 0.190. The lowest BCUT2D eigenvalue weighted by Crippen LogP contribution is -2.48. The van der Waals surface area contributed by atoms with Gasteiger partial charge in [0.15, 0.2) is 0 Å². The third-order valence-electron chi connectivity index (χ3n) is 5.34. The summed E-state index contributed by atoms with van der Waals surface area (Å²) in [6.07, 6.45) is 6.04. The molecule has 2 aliphatic rings. The Morgan fingerprint density at radius 1 is 1.13 bits per heavy atom. The van der Waals surface area contributed by atoms with Gasteiger partial charge in [0.05, 0.1) is 5.92 Å². The van der Waals surface area contributed by atoms with Gasteiger partial charge in [-0.1, -0.05) is 38.0 Å². The van der Waals surface area contributed by atoms with Gasteiger partial charge < -0.3 is 10.2 Å². The Labute approximate surface area is 138 Å². The van der Waals surface area contributed by atoms with Gasteiger partial charge in [0.1, 0.15) is 0 Å². The molecule has 2 fully saturated rings. The van der Waals surface area contributed by atoms with Gasteiger partial charge in [0, 0.05) is 24.2 Å². The first-order valence-electron chi connectivity index (χ1n) is 8.74. The Morgan fingerprint density at radius 3 is 2.52 bits per heavy atom. The second-order valence-corrected chi connectivity index (χ2v) is 7.21. The van der Waals surface area contributed by atoms with Gasteiger partial charge in [0.25, 0.3) is 0 Å². The fourth-order valence-electron chi connectivity index (χ4n) is 3.89. The van der Waals surface area contributed by atoms with Crippen LogP contribution in [0.4, 0.5) is 5.69 Å². The predicted octanol–water partition coefficient (Wildman–Crippen LogP) is 3.44. The standard InChI is InChI=1S/C19H26N2O2/c1-19(11-5-6-12-19)18(23)21-13-7-8-15(14-21)17(22)20-16-9-3-2-4-10-16/h2-4,9-10,15H,5-8,11-14H2,1H3,(H,20,22). The van der Waals surface area contributed by atoms with E-state index in [2.05, 4.69) is 12.2 Å². The highest BCUT2D eigenvalue weighted by atomic mass is 16.2. The minimum Gasteiger partial charge on any atom is -0.341 e. The van der Waals surface area contributed by atoms with Crippen LogP contribution in [-0.2, 0) is 9.59 Å². The van der Waals surface area contributed by atoms with Crippen molar-refractivity contribution in [2.45, 2.75) is 45.4 Å². The summed E-state index contributed by atoms with van der Waals surface area (Å²) in [7, 11) is 0. The summed E-state index contributed by atoms with van der Waals surface area (Å²) in [5, 5.41) is 2.97. The zero-order valence-corrected chi connectivity index (χ0v) is 13.9. The Hall–Kier alpha value is -1.84. The lowest BCUT2D eigenvalue weighted by Gasteiger charge is -2.37. The molecule has 1 unspecified atom stereocenters. The number of amides is 2. The quantitative estimate of drug-likeness (QED) is 0.929. The number of benzene rings is 1. The van der Waals surface area contributed by atoms with Crippen molar-refractivity contribution in [1.82, 2.24) is 4.90 Å². The van der Waals surface area contributed by atoms with E-state index in [1.165, 1.54) is 0 Å². The molecule has 0 bridgehead atoms. The Bertz CT molecular complexity index is 564. The zero-order valence-electron chi connectivity index (χ0n) is 13.9. The van der Waals surface area contributed by atoms with E-state index in [1.807, 2.05) is 35.2 Å². The van der Waals surface area contributed by atoms with Crippen molar-refractivity contribution in [3.63, 3.8) is 0 Å². The van der Waals surface area contributed by atoms with Crippen LogP contribution < -0.4 is 5.32 Å². The number of hydrogen-bond acceptors (Lipinski definition) is 2. The van der Waals surface area contributed by atoms with Crippen LogP contribution in [0, 0.1) is 11.3 Å². The van der Waals surface area contributed by atoms with Crippen LogP contribution in [0.15, 0.2) is 30.3 Å². The number of carbonyl (C=O) groups is 2. The number of hydrogen-bond donors (Lipinski definition) is 1. The van der Waals surface area contributed by atoms with Crippen LogP contribution in [0.2, 0.25) is 0 Å². The molecule has 0 aromatic heterocycles. The summed E-state index contributed by atoms with van der Waals surface area (Å²) < 4.78 is 0. The maximum absolute atomic E-state index is 12.8. The first-order valence-corrected chi connectivity index (χ1v) is 8.74. The van der Waals surface area contributed by atoms with Gasteiger partial charge in [-0.2, -0.15) is 0 Å². The minimum absolute atomic E-state index is 0.0327. The van der Waals surface area contributed by atoms with Crippen molar-refractivity contribution in [2.75, 3.05) is 18.4 Å². The molecule has 0 radical (unpaired) electrons. The molecule has 1 heterocycles. The summed E-state index contributed by atoms with van der Waals surface area (Å²) in [6.45, 7) is 3.45. The molecule has 1 saturated carbocycles. The van der Waals surface area contributed by atoms with Crippen LogP contribution in [0.3, 0.4) is 0 Å². The average molecular weight is 314 g/mol. The van der Waals surface area contributed by atoms with E-state index >= 15 is 0 Å². The molecule has 1 N–H and O–H groups in total. The van der Waals surface area contributed by atoms with Crippen molar-refractivity contribution >= 4 is 17.5 Å². The van der Waals surface area contributed by atoms with Gasteiger partial charge >= 0.3 is 0 Å². The van der Waals surface area contributed by atoms with Crippen LogP contribution in [0.1, 0.15) is 45.4 Å². The van der Waals surface area contributed by atoms with Crippen LogP contribution in [0.25, 0.3) is 0 Å². The molecule has 1 aliphatic heterocycles. The van der Waals surface area contributed by atoms with Gasteiger partial charge in [-0.15, -0.1) is 0 Å². The van der Waals surface area contributed by atoms with Crippen LogP contribution >= 0.6 is 0 Å². The monoisotopic (exact) mass is 314 g/mol. The SMILES string of the molecule is CC1(C(=O)N2CCCC(C(=O)Nc3ccccc3)C2)CCCC1. The number of likely N-dealkylation sites (tertiary alicyclic amines) is 1. The smallest absolute Gasteiger partial charge is 0.229 e. The number of nitrogens with zero attached hydrogens (tertiary/aromatic N) is 1. The van der Waals surface area contributed by atoms with Gasteiger partial charge in [-0.3, -0.25) is 9.59 Å². The molecule has 23 heavy (non-hydrogen) atoms. The molecule has 2 amide bonds. The van der Waals surface area contributed by atoms with Crippen molar-refractivity contribution in [3.05, 3.63) is 30.3 Å². The second-order valence-electron chi connectivity index (χ2n) is 7.21. The number of carbonyl (C=O) groups excluding carboxylic acids is 2. The maximum atomic E-state index is 12.8. The zero-order chi connectivity index (χ0) is 16.3. The van der Waals surface area contributed by atoms with E-state index in [4.69, 9.17) is 0 Å². The van der Waals surface area contributed by atoms with E-state index in [1.54, 1.807) is 0 Å². The van der Waals surface area contributed by atoms with Crippen molar-refractivity contribution < 1.29 is 9.59 Å². The molecular formula is C19H26N2O2. The highest BCUT2D eigenvalue weighted by molar-refractivity contribution is 5.93. The van der Waals surface area contributed by atoms with Gasteiger partial charge in [-0.05, 0) is 37.8 Å². The van der Waals surface area contributed by atoms with E-state index in [0.29, 0.717) is 6.54 Å². The fourth-order valence-corrected chi connectivity index (χ4v) is 3.89. The molecule has 1 aliphatic carbocycles. The topological polar surface area (TPSA) is 49.4 Å². The third kappa shape index (κ3) is 3.57. The molecule has 1 saturated heterocycles. The molecule has 4 heteroatoms. The number of rotatable bonds is 3. The molecule has 0 spiro atoms. The van der Waals surface area contributed by atoms with E-state index in [9.17, 15) is 9.59 Å². The molecule has 1 aromatic rings. The molecule has 4 nitrogen and oxygen atoms in total. The number of nitrogens with one attached hydrogen (secondary N) is 1. The predicted molar refractivity (Wildman–Crippen MR) is 91.0 cm³/mol. The summed E-state index contributed by atoms with van der Waals surface area (Å²) in [6, 6.07) is 9.53. The summed E-state index contributed by atoms with van der Waals surface area (Å²) in [4.78, 5) is 27.3. The first kappa shape index (κ1) is 16.0. The van der Waals surface area contributed by atoms with E-state index in [0.717, 1.165) is 50.8 Å². The number of anilines is 1.